The number of carbonyl (C=O) groups excluding carboxylic acids is 1. The zero-order valence-electron chi connectivity index (χ0n) is 9.20. The molecule has 108 valence electrons. The van der Waals surface area contributed by atoms with E-state index in [1.54, 1.807) is 6.08 Å². The van der Waals surface area contributed by atoms with Gasteiger partial charge in [-0.15, -0.1) is 0 Å². The Morgan fingerprint density at radius 3 is 2.11 bits per heavy atom. The SMILES string of the molecule is O=C(NC1=CC=CCC1)C(F)(F)C(F)(F)C(F)(F)F. The van der Waals surface area contributed by atoms with Crippen molar-refractivity contribution in [2.24, 2.45) is 0 Å². The minimum Gasteiger partial charge on any atom is -0.324 e. The molecule has 0 aromatic rings. The Morgan fingerprint density at radius 2 is 1.68 bits per heavy atom. The molecule has 0 fully saturated rings. The molecule has 1 amide bonds. The smallest absolute Gasteiger partial charge is 0.324 e. The lowest BCUT2D eigenvalue weighted by Crippen LogP contribution is -2.59. The van der Waals surface area contributed by atoms with Crippen molar-refractivity contribution < 1.29 is 35.5 Å². The average molecular weight is 291 g/mol. The van der Waals surface area contributed by atoms with Crippen LogP contribution in [0.3, 0.4) is 0 Å². The van der Waals surface area contributed by atoms with Crippen LogP contribution in [0.2, 0.25) is 0 Å². The molecule has 1 N–H and O–H groups in total. The van der Waals surface area contributed by atoms with E-state index in [2.05, 4.69) is 0 Å². The van der Waals surface area contributed by atoms with E-state index in [4.69, 9.17) is 0 Å². The van der Waals surface area contributed by atoms with Crippen LogP contribution in [0.1, 0.15) is 12.8 Å². The highest BCUT2D eigenvalue weighted by atomic mass is 19.4. The van der Waals surface area contributed by atoms with Crippen LogP contribution in [0.25, 0.3) is 0 Å². The molecule has 1 aliphatic carbocycles. The standard InChI is InChI=1S/C10H8F7NO/c11-8(12,9(13,14)10(15,16)17)7(19)18-6-4-2-1-3-5-6/h1-2,4H,3,5H2,(H,18,19). The fourth-order valence-electron chi connectivity index (χ4n) is 1.25. The third kappa shape index (κ3) is 2.90. The van der Waals surface area contributed by atoms with Crippen molar-refractivity contribution in [2.45, 2.75) is 30.9 Å². The summed E-state index contributed by atoms with van der Waals surface area (Å²) in [4.78, 5) is 10.9. The maximum Gasteiger partial charge on any atom is 0.460 e. The van der Waals surface area contributed by atoms with Gasteiger partial charge in [-0.2, -0.15) is 30.7 Å². The fraction of sp³-hybridized carbons (Fsp3) is 0.500. The largest absolute Gasteiger partial charge is 0.460 e. The summed E-state index contributed by atoms with van der Waals surface area (Å²) >= 11 is 0. The number of halogens is 7. The van der Waals surface area contributed by atoms with E-state index in [1.807, 2.05) is 0 Å². The third-order valence-electron chi connectivity index (χ3n) is 2.32. The molecule has 0 aromatic heterocycles. The van der Waals surface area contributed by atoms with Crippen molar-refractivity contribution in [1.82, 2.24) is 5.32 Å². The normalized spacial score (nSPS) is 17.1. The minimum absolute atomic E-state index is 0.0654. The molecule has 2 nitrogen and oxygen atoms in total. The first-order chi connectivity index (χ1) is 8.50. The van der Waals surface area contributed by atoms with Gasteiger partial charge in [0.1, 0.15) is 0 Å². The molecular formula is C10H8F7NO. The molecule has 0 aliphatic heterocycles. The van der Waals surface area contributed by atoms with Gasteiger partial charge in [0.25, 0.3) is 0 Å². The van der Waals surface area contributed by atoms with Crippen LogP contribution in [0.5, 0.6) is 0 Å². The summed E-state index contributed by atoms with van der Waals surface area (Å²) < 4.78 is 86.4. The maximum atomic E-state index is 12.9. The number of hydrogen-bond acceptors (Lipinski definition) is 1. The summed E-state index contributed by atoms with van der Waals surface area (Å²) in [7, 11) is 0. The monoisotopic (exact) mass is 291 g/mol. The molecular weight excluding hydrogens is 283 g/mol. The highest BCUT2D eigenvalue weighted by Crippen LogP contribution is 2.46. The molecule has 0 saturated carbocycles. The maximum absolute atomic E-state index is 12.9. The quantitative estimate of drug-likeness (QED) is 0.795. The van der Waals surface area contributed by atoms with Crippen LogP contribution < -0.4 is 5.32 Å². The molecule has 19 heavy (non-hydrogen) atoms. The highest BCUT2D eigenvalue weighted by molar-refractivity contribution is 5.86. The lowest BCUT2D eigenvalue weighted by Gasteiger charge is -2.27. The van der Waals surface area contributed by atoms with E-state index in [1.165, 1.54) is 11.4 Å². The van der Waals surface area contributed by atoms with Gasteiger partial charge in [-0.1, -0.05) is 12.2 Å². The molecule has 0 bridgehead atoms. The molecule has 0 heterocycles. The summed E-state index contributed by atoms with van der Waals surface area (Å²) in [5, 5.41) is 1.38. The first-order valence-corrected chi connectivity index (χ1v) is 4.99. The van der Waals surface area contributed by atoms with E-state index in [-0.39, 0.29) is 12.1 Å². The number of rotatable bonds is 3. The number of alkyl halides is 7. The zero-order valence-corrected chi connectivity index (χ0v) is 9.20. The van der Waals surface area contributed by atoms with Crippen molar-refractivity contribution in [1.29, 1.82) is 0 Å². The Labute approximate surface area is 103 Å². The van der Waals surface area contributed by atoms with E-state index in [0.29, 0.717) is 6.42 Å². The molecule has 0 radical (unpaired) electrons. The second-order valence-corrected chi connectivity index (χ2v) is 3.76. The predicted octanol–water partition coefficient (Wildman–Crippen LogP) is 3.17. The Morgan fingerprint density at radius 1 is 1.11 bits per heavy atom. The van der Waals surface area contributed by atoms with Gasteiger partial charge in [0.15, 0.2) is 0 Å². The lowest BCUT2D eigenvalue weighted by atomic mass is 10.1. The summed E-state index contributed by atoms with van der Waals surface area (Å²) in [6.45, 7) is 0. The first-order valence-electron chi connectivity index (χ1n) is 4.99. The van der Waals surface area contributed by atoms with Gasteiger partial charge in [-0.3, -0.25) is 4.79 Å². The fourth-order valence-corrected chi connectivity index (χ4v) is 1.25. The van der Waals surface area contributed by atoms with Gasteiger partial charge in [-0.25, -0.2) is 0 Å². The molecule has 0 saturated heterocycles. The van der Waals surface area contributed by atoms with E-state index in [0.717, 1.165) is 6.08 Å². The number of amides is 1. The number of hydrogen-bond donors (Lipinski definition) is 1. The predicted molar refractivity (Wildman–Crippen MR) is 50.5 cm³/mol. The van der Waals surface area contributed by atoms with Gasteiger partial charge >= 0.3 is 23.9 Å². The Bertz CT molecular complexity index is 422. The van der Waals surface area contributed by atoms with Gasteiger partial charge in [0.05, 0.1) is 0 Å². The van der Waals surface area contributed by atoms with Crippen molar-refractivity contribution in [3.05, 3.63) is 23.9 Å². The van der Waals surface area contributed by atoms with Crippen LogP contribution in [0.15, 0.2) is 23.9 Å². The van der Waals surface area contributed by atoms with Crippen molar-refractivity contribution in [3.63, 3.8) is 0 Å². The van der Waals surface area contributed by atoms with Gasteiger partial charge in [0.2, 0.25) is 0 Å². The van der Waals surface area contributed by atoms with Gasteiger partial charge in [-0.05, 0) is 18.9 Å². The summed E-state index contributed by atoms with van der Waals surface area (Å²) in [5.74, 6) is -15.0. The van der Waals surface area contributed by atoms with E-state index < -0.39 is 23.9 Å². The van der Waals surface area contributed by atoms with Crippen LogP contribution >= 0.6 is 0 Å². The molecule has 1 rings (SSSR count). The van der Waals surface area contributed by atoms with E-state index in [9.17, 15) is 35.5 Å². The molecule has 0 atom stereocenters. The average Bonchev–Trinajstić information content (AvgIpc) is 2.28. The lowest BCUT2D eigenvalue weighted by molar-refractivity contribution is -0.343. The second-order valence-electron chi connectivity index (χ2n) is 3.76. The Hall–Kier alpha value is -1.54. The van der Waals surface area contributed by atoms with Crippen molar-refractivity contribution >= 4 is 5.91 Å². The van der Waals surface area contributed by atoms with E-state index >= 15 is 0 Å². The number of nitrogens with one attached hydrogen (secondary N) is 1. The Balaban J connectivity index is 2.90. The second kappa shape index (κ2) is 4.86. The summed E-state index contributed by atoms with van der Waals surface area (Å²) in [6, 6.07) is 0. The molecule has 9 heteroatoms. The number of carbonyl (C=O) groups is 1. The van der Waals surface area contributed by atoms with Crippen LogP contribution in [0.4, 0.5) is 30.7 Å². The van der Waals surface area contributed by atoms with Gasteiger partial charge in [0, 0.05) is 5.70 Å². The highest BCUT2D eigenvalue weighted by Gasteiger charge is 2.76. The minimum atomic E-state index is -6.52. The van der Waals surface area contributed by atoms with Crippen LogP contribution in [-0.2, 0) is 4.79 Å². The molecule has 0 spiro atoms. The van der Waals surface area contributed by atoms with Gasteiger partial charge < -0.3 is 5.32 Å². The molecule has 0 aromatic carbocycles. The molecule has 0 unspecified atom stereocenters. The summed E-state index contributed by atoms with van der Waals surface area (Å²) in [6.07, 6.45) is -1.99. The number of allylic oxidation sites excluding steroid dienone is 4. The summed E-state index contributed by atoms with van der Waals surface area (Å²) in [5.41, 5.74) is -0.148. The first kappa shape index (κ1) is 15.5. The zero-order chi connectivity index (χ0) is 14.9. The molecule has 1 aliphatic rings. The third-order valence-corrected chi connectivity index (χ3v) is 2.32. The van der Waals surface area contributed by atoms with Crippen LogP contribution in [-0.4, -0.2) is 23.9 Å². The topological polar surface area (TPSA) is 29.1 Å². The Kier molecular flexibility index (Phi) is 3.97. The van der Waals surface area contributed by atoms with Crippen molar-refractivity contribution in [2.75, 3.05) is 0 Å². The van der Waals surface area contributed by atoms with Crippen LogP contribution in [0, 0.1) is 0 Å². The van der Waals surface area contributed by atoms with Crippen molar-refractivity contribution in [3.8, 4) is 0 Å².